The molecule has 1 heterocycles. The first-order valence-electron chi connectivity index (χ1n) is 7.89. The number of rotatable bonds is 4. The van der Waals surface area contributed by atoms with E-state index in [0.29, 0.717) is 12.6 Å². The maximum atomic E-state index is 12.5. The number of carbonyl (C=O) groups excluding carboxylic acids is 1. The van der Waals surface area contributed by atoms with Gasteiger partial charge >= 0.3 is 6.03 Å². The van der Waals surface area contributed by atoms with Crippen molar-refractivity contribution in [1.29, 1.82) is 0 Å². The first-order valence-corrected chi connectivity index (χ1v) is 7.89. The summed E-state index contributed by atoms with van der Waals surface area (Å²) in [6.07, 6.45) is 3.74. The maximum Gasteiger partial charge on any atom is 0.319 e. The predicted molar refractivity (Wildman–Crippen MR) is 88.7 cm³/mol. The molecule has 23 heavy (non-hydrogen) atoms. The second kappa shape index (κ2) is 7.06. The Hall–Kier alpha value is -2.67. The summed E-state index contributed by atoms with van der Waals surface area (Å²) in [7, 11) is 0. The number of hydrogen-bond acceptors (Lipinski definition) is 2. The minimum Gasteiger partial charge on any atom is -0.467 e. The highest BCUT2D eigenvalue weighted by Gasteiger charge is 2.37. The van der Waals surface area contributed by atoms with Gasteiger partial charge in [0, 0.05) is 11.6 Å². The maximum absolute atomic E-state index is 12.5. The highest BCUT2D eigenvalue weighted by Crippen LogP contribution is 2.34. The third kappa shape index (κ3) is 3.95. The second-order valence-electron chi connectivity index (χ2n) is 5.66. The Morgan fingerprint density at radius 2 is 2.09 bits per heavy atom. The quantitative estimate of drug-likeness (QED) is 0.878. The third-order valence-corrected chi connectivity index (χ3v) is 3.88. The molecular weight excluding hydrogens is 288 g/mol. The molecule has 4 nitrogen and oxygen atoms in total. The van der Waals surface area contributed by atoms with Crippen LogP contribution < -0.4 is 5.32 Å². The van der Waals surface area contributed by atoms with E-state index in [1.54, 1.807) is 6.26 Å². The van der Waals surface area contributed by atoms with Crippen molar-refractivity contribution in [2.75, 3.05) is 6.54 Å². The van der Waals surface area contributed by atoms with Gasteiger partial charge in [0.15, 0.2) is 0 Å². The van der Waals surface area contributed by atoms with Gasteiger partial charge in [0.05, 0.1) is 18.8 Å². The molecule has 1 atom stereocenters. The van der Waals surface area contributed by atoms with Crippen LogP contribution in [0.1, 0.15) is 37.1 Å². The number of furan rings is 1. The molecule has 1 aliphatic carbocycles. The van der Waals surface area contributed by atoms with Crippen LogP contribution in [0.5, 0.6) is 0 Å². The fraction of sp³-hybridized carbons (Fsp3) is 0.316. The summed E-state index contributed by atoms with van der Waals surface area (Å²) in [6.45, 7) is 2.33. The summed E-state index contributed by atoms with van der Waals surface area (Å²) in [5.41, 5.74) is 0.949. The highest BCUT2D eigenvalue weighted by molar-refractivity contribution is 5.75. The molecule has 2 aromatic rings. The zero-order valence-electron chi connectivity index (χ0n) is 13.2. The molecule has 0 radical (unpaired) electrons. The van der Waals surface area contributed by atoms with Crippen molar-refractivity contribution < 1.29 is 9.21 Å². The molecule has 0 saturated heterocycles. The van der Waals surface area contributed by atoms with Gasteiger partial charge in [-0.05, 0) is 44.0 Å². The Bertz CT molecular complexity index is 694. The molecule has 118 valence electrons. The molecule has 0 spiro atoms. The predicted octanol–water partition coefficient (Wildman–Crippen LogP) is 3.57. The van der Waals surface area contributed by atoms with Crippen LogP contribution in [0.2, 0.25) is 0 Å². The smallest absolute Gasteiger partial charge is 0.319 e. The minimum absolute atomic E-state index is 0.0698. The van der Waals surface area contributed by atoms with E-state index in [1.807, 2.05) is 54.3 Å². The fourth-order valence-corrected chi connectivity index (χ4v) is 2.56. The molecule has 1 fully saturated rings. The molecule has 1 N–H and O–H groups in total. The van der Waals surface area contributed by atoms with E-state index in [0.717, 1.165) is 24.2 Å². The van der Waals surface area contributed by atoms with Gasteiger partial charge in [-0.2, -0.15) is 0 Å². The molecular formula is C19H20N2O2. The van der Waals surface area contributed by atoms with Crippen LogP contribution in [0, 0.1) is 11.8 Å². The van der Waals surface area contributed by atoms with E-state index < -0.39 is 0 Å². The van der Waals surface area contributed by atoms with Crippen LogP contribution in [-0.2, 0) is 0 Å². The van der Waals surface area contributed by atoms with Crippen LogP contribution in [-0.4, -0.2) is 23.5 Å². The van der Waals surface area contributed by atoms with Gasteiger partial charge in [0.25, 0.3) is 0 Å². The number of nitrogens with one attached hydrogen (secondary N) is 1. The van der Waals surface area contributed by atoms with Crippen molar-refractivity contribution in [2.24, 2.45) is 0 Å². The Balaban J connectivity index is 1.58. The van der Waals surface area contributed by atoms with Crippen molar-refractivity contribution >= 4 is 6.03 Å². The van der Waals surface area contributed by atoms with Crippen molar-refractivity contribution in [3.05, 3.63) is 60.1 Å². The number of benzene rings is 1. The number of carbonyl (C=O) groups is 1. The van der Waals surface area contributed by atoms with Crippen molar-refractivity contribution in [2.45, 2.75) is 31.8 Å². The normalized spacial score (nSPS) is 14.5. The molecule has 4 heteroatoms. The zero-order chi connectivity index (χ0) is 16.1. The number of hydrogen-bond donors (Lipinski definition) is 1. The number of amides is 2. The van der Waals surface area contributed by atoms with Crippen molar-refractivity contribution in [1.82, 2.24) is 10.2 Å². The zero-order valence-corrected chi connectivity index (χ0v) is 13.2. The summed E-state index contributed by atoms with van der Waals surface area (Å²) in [4.78, 5) is 14.3. The lowest BCUT2D eigenvalue weighted by molar-refractivity contribution is 0.167. The molecule has 1 aliphatic rings. The molecule has 0 unspecified atom stereocenters. The van der Waals surface area contributed by atoms with Crippen LogP contribution >= 0.6 is 0 Å². The molecule has 3 rings (SSSR count). The second-order valence-corrected chi connectivity index (χ2v) is 5.66. The van der Waals surface area contributed by atoms with Gasteiger partial charge in [0.2, 0.25) is 0 Å². The Morgan fingerprint density at radius 3 is 2.74 bits per heavy atom. The van der Waals surface area contributed by atoms with E-state index in [1.165, 1.54) is 0 Å². The van der Waals surface area contributed by atoms with E-state index in [4.69, 9.17) is 4.42 Å². The highest BCUT2D eigenvalue weighted by atomic mass is 16.3. The van der Waals surface area contributed by atoms with E-state index >= 15 is 0 Å². The van der Waals surface area contributed by atoms with E-state index in [9.17, 15) is 4.79 Å². The van der Waals surface area contributed by atoms with Crippen LogP contribution in [0.4, 0.5) is 4.79 Å². The first kappa shape index (κ1) is 15.2. The standard InChI is InChI=1S/C19H20N2O2/c1-15(18-10-6-14-23-18)21(17-11-12-17)19(22)20-13-5-9-16-7-3-2-4-8-16/h2-4,6-8,10,14-15,17H,11-13H2,1H3,(H,20,22)/t15-/m0/s1. The van der Waals surface area contributed by atoms with Crippen molar-refractivity contribution in [3.8, 4) is 11.8 Å². The molecule has 1 saturated carbocycles. The third-order valence-electron chi connectivity index (χ3n) is 3.88. The monoisotopic (exact) mass is 308 g/mol. The van der Waals surface area contributed by atoms with Gasteiger partial charge in [-0.3, -0.25) is 0 Å². The van der Waals surface area contributed by atoms with Crippen LogP contribution in [0.25, 0.3) is 0 Å². The summed E-state index contributed by atoms with van der Waals surface area (Å²) in [5, 5.41) is 2.89. The largest absolute Gasteiger partial charge is 0.467 e. The van der Waals surface area contributed by atoms with Gasteiger partial charge in [0.1, 0.15) is 5.76 Å². The molecule has 0 aliphatic heterocycles. The van der Waals surface area contributed by atoms with Crippen LogP contribution in [0.15, 0.2) is 53.1 Å². The molecule has 0 bridgehead atoms. The summed E-state index contributed by atoms with van der Waals surface area (Å²) >= 11 is 0. The summed E-state index contributed by atoms with van der Waals surface area (Å²) < 4.78 is 5.44. The van der Waals surface area contributed by atoms with Gasteiger partial charge in [-0.15, -0.1) is 0 Å². The molecule has 1 aromatic carbocycles. The Kier molecular flexibility index (Phi) is 4.68. The summed E-state index contributed by atoms with van der Waals surface area (Å²) in [5.74, 6) is 6.84. The van der Waals surface area contributed by atoms with Gasteiger partial charge < -0.3 is 14.6 Å². The minimum atomic E-state index is -0.0845. The molecule has 2 amide bonds. The number of nitrogens with zero attached hydrogens (tertiary/aromatic N) is 1. The lowest BCUT2D eigenvalue weighted by Gasteiger charge is -2.27. The van der Waals surface area contributed by atoms with Crippen molar-refractivity contribution in [3.63, 3.8) is 0 Å². The Morgan fingerprint density at radius 1 is 1.30 bits per heavy atom. The lowest BCUT2D eigenvalue weighted by atomic mass is 10.2. The van der Waals surface area contributed by atoms with Crippen LogP contribution in [0.3, 0.4) is 0 Å². The van der Waals surface area contributed by atoms with Gasteiger partial charge in [-0.1, -0.05) is 30.0 Å². The molecule has 1 aromatic heterocycles. The Labute approximate surface area is 136 Å². The summed E-state index contributed by atoms with van der Waals surface area (Å²) in [6, 6.07) is 13.6. The topological polar surface area (TPSA) is 45.5 Å². The first-order chi connectivity index (χ1) is 11.3. The average Bonchev–Trinajstić information content (AvgIpc) is 3.24. The lowest BCUT2D eigenvalue weighted by Crippen LogP contribution is -2.42. The fourth-order valence-electron chi connectivity index (χ4n) is 2.56. The number of urea groups is 1. The van der Waals surface area contributed by atoms with E-state index in [2.05, 4.69) is 17.2 Å². The SMILES string of the molecule is C[C@@H](c1ccco1)N(C(=O)NCC#Cc1ccccc1)C1CC1. The van der Waals surface area contributed by atoms with E-state index in [-0.39, 0.29) is 12.1 Å². The van der Waals surface area contributed by atoms with Gasteiger partial charge in [-0.25, -0.2) is 4.79 Å². The average molecular weight is 308 g/mol.